The molecular weight excluding hydrogens is 328 g/mol. The Morgan fingerprint density at radius 2 is 1.50 bits per heavy atom. The highest BCUT2D eigenvalue weighted by Crippen LogP contribution is 2.28. The molecule has 0 saturated heterocycles. The molecule has 0 radical (unpaired) electrons. The minimum absolute atomic E-state index is 0.209. The molecule has 1 rings (SSSR count). The van der Waals surface area contributed by atoms with Gasteiger partial charge in [-0.1, -0.05) is 45.1 Å². The molecule has 0 unspecified atom stereocenters. The van der Waals surface area contributed by atoms with E-state index in [0.717, 1.165) is 70.9 Å². The molecule has 1 saturated carbocycles. The fourth-order valence-corrected chi connectivity index (χ4v) is 3.70. The van der Waals surface area contributed by atoms with Gasteiger partial charge in [0.1, 0.15) is 0 Å². The number of carbonyl (C=O) groups is 2. The molecule has 1 amide bonds. The third-order valence-corrected chi connectivity index (χ3v) is 5.39. The Kier molecular flexibility index (Phi) is 12.7. The number of hydrogen-bond acceptors (Lipinski definition) is 3. The van der Waals surface area contributed by atoms with Crippen molar-refractivity contribution in [3.63, 3.8) is 0 Å². The van der Waals surface area contributed by atoms with Crippen molar-refractivity contribution in [3.05, 3.63) is 12.8 Å². The maximum Gasteiger partial charge on any atom is 0.303 e. The van der Waals surface area contributed by atoms with Crippen molar-refractivity contribution in [3.8, 4) is 0 Å². The summed E-state index contributed by atoms with van der Waals surface area (Å²) in [6, 6.07) is 0. The van der Waals surface area contributed by atoms with E-state index in [4.69, 9.17) is 5.11 Å². The minimum Gasteiger partial charge on any atom is -0.481 e. The van der Waals surface area contributed by atoms with Crippen molar-refractivity contribution in [2.45, 2.75) is 83.5 Å². The molecule has 1 aliphatic rings. The maximum absolute atomic E-state index is 12.2. The molecule has 0 aromatic carbocycles. The van der Waals surface area contributed by atoms with E-state index in [1.807, 2.05) is 0 Å². The Morgan fingerprint density at radius 1 is 0.923 bits per heavy atom. The first-order valence-electron chi connectivity index (χ1n) is 10.5. The standard InChI is InChI=1S/C21H38N2O3/c1-2-22-17-18-12-14-19(15-13-18)21(26)23-16-10-8-6-4-3-5-7-9-11-20(24)25/h2,18-19,22H,1,3-17H2,(H,23,26)(H,24,25). The maximum atomic E-state index is 12.2. The zero-order valence-corrected chi connectivity index (χ0v) is 16.3. The molecule has 5 heteroatoms. The third kappa shape index (κ3) is 11.2. The van der Waals surface area contributed by atoms with Gasteiger partial charge in [0.25, 0.3) is 0 Å². The molecule has 150 valence electrons. The van der Waals surface area contributed by atoms with Gasteiger partial charge in [-0.3, -0.25) is 9.59 Å². The lowest BCUT2D eigenvalue weighted by Gasteiger charge is -2.27. The van der Waals surface area contributed by atoms with Crippen LogP contribution >= 0.6 is 0 Å². The van der Waals surface area contributed by atoms with E-state index in [0.29, 0.717) is 12.3 Å². The number of carbonyl (C=O) groups excluding carboxylic acids is 1. The second-order valence-electron chi connectivity index (χ2n) is 7.59. The van der Waals surface area contributed by atoms with Gasteiger partial charge in [0.05, 0.1) is 0 Å². The van der Waals surface area contributed by atoms with Crippen molar-refractivity contribution >= 4 is 11.9 Å². The SMILES string of the molecule is C=CNCC1CCC(C(=O)NCCCCCCCCCCC(=O)O)CC1. The number of carboxylic acid groups (broad SMARTS) is 1. The van der Waals surface area contributed by atoms with Crippen molar-refractivity contribution in [1.29, 1.82) is 0 Å². The van der Waals surface area contributed by atoms with Gasteiger partial charge in [0.15, 0.2) is 0 Å². The fourth-order valence-electron chi connectivity index (χ4n) is 3.70. The second kappa shape index (κ2) is 14.6. The van der Waals surface area contributed by atoms with Crippen LogP contribution in [0.5, 0.6) is 0 Å². The lowest BCUT2D eigenvalue weighted by molar-refractivity contribution is -0.137. The first kappa shape index (κ1) is 22.5. The molecule has 0 heterocycles. The molecule has 26 heavy (non-hydrogen) atoms. The van der Waals surface area contributed by atoms with Crippen LogP contribution in [-0.4, -0.2) is 30.1 Å². The molecule has 0 aliphatic heterocycles. The van der Waals surface area contributed by atoms with E-state index in [9.17, 15) is 9.59 Å². The highest BCUT2D eigenvalue weighted by Gasteiger charge is 2.25. The van der Waals surface area contributed by atoms with Gasteiger partial charge in [0, 0.05) is 25.4 Å². The fraction of sp³-hybridized carbons (Fsp3) is 0.810. The van der Waals surface area contributed by atoms with E-state index in [2.05, 4.69) is 17.2 Å². The molecule has 0 bridgehead atoms. The summed E-state index contributed by atoms with van der Waals surface area (Å²) in [7, 11) is 0. The molecule has 0 aromatic heterocycles. The normalized spacial score (nSPS) is 19.7. The van der Waals surface area contributed by atoms with Crippen molar-refractivity contribution < 1.29 is 14.7 Å². The Morgan fingerprint density at radius 3 is 2.08 bits per heavy atom. The average Bonchev–Trinajstić information content (AvgIpc) is 2.64. The summed E-state index contributed by atoms with van der Waals surface area (Å²) in [6.07, 6.45) is 15.1. The summed E-state index contributed by atoms with van der Waals surface area (Å²) >= 11 is 0. The molecule has 0 aromatic rings. The van der Waals surface area contributed by atoms with Crippen LogP contribution in [0.25, 0.3) is 0 Å². The van der Waals surface area contributed by atoms with E-state index in [1.54, 1.807) is 6.20 Å². The second-order valence-corrected chi connectivity index (χ2v) is 7.59. The quantitative estimate of drug-likeness (QED) is 0.379. The van der Waals surface area contributed by atoms with Gasteiger partial charge in [-0.05, 0) is 50.6 Å². The van der Waals surface area contributed by atoms with Gasteiger partial charge < -0.3 is 15.7 Å². The van der Waals surface area contributed by atoms with Crippen LogP contribution in [0.4, 0.5) is 0 Å². The molecule has 5 nitrogen and oxygen atoms in total. The molecule has 1 aliphatic carbocycles. The molecule has 3 N–H and O–H groups in total. The van der Waals surface area contributed by atoms with Gasteiger partial charge in [-0.25, -0.2) is 0 Å². The largest absolute Gasteiger partial charge is 0.481 e. The van der Waals surface area contributed by atoms with Crippen LogP contribution in [0.3, 0.4) is 0 Å². The monoisotopic (exact) mass is 366 g/mol. The number of nitrogens with one attached hydrogen (secondary N) is 2. The predicted molar refractivity (Wildman–Crippen MR) is 106 cm³/mol. The first-order chi connectivity index (χ1) is 12.6. The van der Waals surface area contributed by atoms with Crippen LogP contribution in [0.1, 0.15) is 83.5 Å². The number of unbranched alkanes of at least 4 members (excludes halogenated alkanes) is 7. The van der Waals surface area contributed by atoms with Gasteiger partial charge in [-0.2, -0.15) is 0 Å². The Hall–Kier alpha value is -1.52. The number of rotatable bonds is 15. The Bertz CT molecular complexity index is 404. The molecule has 0 spiro atoms. The smallest absolute Gasteiger partial charge is 0.303 e. The third-order valence-electron chi connectivity index (χ3n) is 5.39. The Labute approximate surface area is 159 Å². The molecule has 0 atom stereocenters. The van der Waals surface area contributed by atoms with E-state index < -0.39 is 5.97 Å². The lowest BCUT2D eigenvalue weighted by atomic mass is 9.81. The zero-order valence-electron chi connectivity index (χ0n) is 16.3. The number of carboxylic acids is 1. The van der Waals surface area contributed by atoms with Crippen molar-refractivity contribution in [2.75, 3.05) is 13.1 Å². The summed E-state index contributed by atoms with van der Waals surface area (Å²) in [6.45, 7) is 5.46. The van der Waals surface area contributed by atoms with Gasteiger partial charge in [-0.15, -0.1) is 0 Å². The zero-order chi connectivity index (χ0) is 19.0. The van der Waals surface area contributed by atoms with Crippen LogP contribution in [-0.2, 0) is 9.59 Å². The molecule has 1 fully saturated rings. The Balaban J connectivity index is 1.90. The average molecular weight is 367 g/mol. The van der Waals surface area contributed by atoms with Gasteiger partial charge in [0.2, 0.25) is 5.91 Å². The highest BCUT2D eigenvalue weighted by atomic mass is 16.4. The summed E-state index contributed by atoms with van der Waals surface area (Å²) in [4.78, 5) is 22.6. The van der Waals surface area contributed by atoms with Gasteiger partial charge >= 0.3 is 5.97 Å². The summed E-state index contributed by atoms with van der Waals surface area (Å²) in [5.41, 5.74) is 0. The minimum atomic E-state index is -0.690. The highest BCUT2D eigenvalue weighted by molar-refractivity contribution is 5.78. The van der Waals surface area contributed by atoms with Crippen LogP contribution in [0.2, 0.25) is 0 Å². The summed E-state index contributed by atoms with van der Waals surface area (Å²) < 4.78 is 0. The lowest BCUT2D eigenvalue weighted by Crippen LogP contribution is -2.35. The van der Waals surface area contributed by atoms with Crippen LogP contribution in [0.15, 0.2) is 12.8 Å². The number of hydrogen-bond donors (Lipinski definition) is 3. The van der Waals surface area contributed by atoms with E-state index >= 15 is 0 Å². The van der Waals surface area contributed by atoms with Crippen LogP contribution in [0, 0.1) is 11.8 Å². The van der Waals surface area contributed by atoms with Crippen molar-refractivity contribution in [2.24, 2.45) is 11.8 Å². The van der Waals surface area contributed by atoms with Crippen molar-refractivity contribution in [1.82, 2.24) is 10.6 Å². The number of aliphatic carboxylic acids is 1. The topological polar surface area (TPSA) is 78.4 Å². The molecular formula is C21H38N2O3. The first-order valence-corrected chi connectivity index (χ1v) is 10.5. The summed E-state index contributed by atoms with van der Waals surface area (Å²) in [5, 5.41) is 14.9. The summed E-state index contributed by atoms with van der Waals surface area (Å²) in [5.74, 6) is 0.449. The van der Waals surface area contributed by atoms with E-state index in [-0.39, 0.29) is 11.8 Å². The predicted octanol–water partition coefficient (Wildman–Crippen LogP) is 4.24. The van der Waals surface area contributed by atoms with E-state index in [1.165, 1.54) is 19.3 Å². The van der Waals surface area contributed by atoms with Crippen LogP contribution < -0.4 is 10.6 Å². The number of amides is 1.